The van der Waals surface area contributed by atoms with Crippen LogP contribution in [0.25, 0.3) is 10.2 Å². The molecule has 1 aliphatic carbocycles. The van der Waals surface area contributed by atoms with Crippen molar-refractivity contribution < 1.29 is 14.3 Å². The van der Waals surface area contributed by atoms with Crippen molar-refractivity contribution in [3.63, 3.8) is 0 Å². The number of para-hydroxylation sites is 1. The minimum atomic E-state index is -0.526. The van der Waals surface area contributed by atoms with Crippen molar-refractivity contribution in [2.24, 2.45) is 0 Å². The molecule has 2 N–H and O–H groups in total. The largest absolute Gasteiger partial charge is 0.497 e. The predicted octanol–water partition coefficient (Wildman–Crippen LogP) is 6.19. The molecule has 0 saturated heterocycles. The van der Waals surface area contributed by atoms with Crippen molar-refractivity contribution in [2.45, 2.75) is 25.2 Å². The molecule has 0 radical (unpaired) electrons. The maximum Gasteiger partial charge on any atom is 0.255 e. The molecule has 1 fully saturated rings. The molecule has 8 heteroatoms. The van der Waals surface area contributed by atoms with Gasteiger partial charge in [0, 0.05) is 5.56 Å². The number of carbonyl (C=O) groups is 2. The van der Waals surface area contributed by atoms with Crippen LogP contribution in [-0.4, -0.2) is 23.9 Å². The van der Waals surface area contributed by atoms with Gasteiger partial charge < -0.3 is 15.4 Å². The summed E-state index contributed by atoms with van der Waals surface area (Å²) in [5.41, 5.74) is 3.14. The van der Waals surface area contributed by atoms with Crippen LogP contribution in [0.5, 0.6) is 5.75 Å². The molecule has 0 aliphatic heterocycles. The van der Waals surface area contributed by atoms with Gasteiger partial charge in [-0.2, -0.15) is 0 Å². The van der Waals surface area contributed by atoms with Gasteiger partial charge in [-0.3, -0.25) is 9.59 Å². The van der Waals surface area contributed by atoms with Crippen LogP contribution in [-0.2, 0) is 10.2 Å². The van der Waals surface area contributed by atoms with Crippen molar-refractivity contribution in [1.82, 2.24) is 4.98 Å². The van der Waals surface area contributed by atoms with Crippen LogP contribution in [0.4, 0.5) is 10.8 Å². The first-order chi connectivity index (χ1) is 16.4. The lowest BCUT2D eigenvalue weighted by Crippen LogP contribution is -2.27. The second-order valence-electron chi connectivity index (χ2n) is 8.35. The summed E-state index contributed by atoms with van der Waals surface area (Å²) in [7, 11) is 1.62. The van der Waals surface area contributed by atoms with Gasteiger partial charge in [-0.1, -0.05) is 47.2 Å². The highest BCUT2D eigenvalue weighted by Gasteiger charge is 2.51. The summed E-state index contributed by atoms with van der Waals surface area (Å²) in [5.74, 6) is 0.438. The molecule has 0 spiro atoms. The number of ether oxygens (including phenoxy) is 1. The lowest BCUT2D eigenvalue weighted by Gasteiger charge is -2.15. The molecular weight excluding hydrogens is 470 g/mol. The second-order valence-corrected chi connectivity index (χ2v) is 9.79. The number of nitrogens with one attached hydrogen (secondary N) is 2. The Bertz CT molecular complexity index is 1390. The fraction of sp³-hybridized carbons (Fsp3) is 0.192. The van der Waals surface area contributed by atoms with Gasteiger partial charge in [-0.05, 0) is 67.3 Å². The van der Waals surface area contributed by atoms with Crippen molar-refractivity contribution in [1.29, 1.82) is 0 Å². The van der Waals surface area contributed by atoms with E-state index in [4.69, 9.17) is 16.3 Å². The van der Waals surface area contributed by atoms with Crippen LogP contribution in [0.15, 0.2) is 60.7 Å². The van der Waals surface area contributed by atoms with Crippen LogP contribution in [0.3, 0.4) is 0 Å². The van der Waals surface area contributed by atoms with E-state index in [-0.39, 0.29) is 11.8 Å². The van der Waals surface area contributed by atoms with E-state index in [1.54, 1.807) is 31.4 Å². The van der Waals surface area contributed by atoms with Crippen molar-refractivity contribution in [3.05, 3.63) is 82.4 Å². The normalized spacial score (nSPS) is 14.0. The monoisotopic (exact) mass is 491 g/mol. The minimum Gasteiger partial charge on any atom is -0.497 e. The third-order valence-corrected chi connectivity index (χ3v) is 7.41. The average Bonchev–Trinajstić information content (AvgIpc) is 3.56. The summed E-state index contributed by atoms with van der Waals surface area (Å²) < 4.78 is 6.03. The zero-order valence-electron chi connectivity index (χ0n) is 18.6. The van der Waals surface area contributed by atoms with Crippen LogP contribution in [0.2, 0.25) is 5.02 Å². The fourth-order valence-electron chi connectivity index (χ4n) is 3.99. The molecule has 2 amide bonds. The number of benzene rings is 3. The second kappa shape index (κ2) is 8.74. The molecule has 5 rings (SSSR count). The van der Waals surface area contributed by atoms with Gasteiger partial charge in [0.1, 0.15) is 5.75 Å². The number of halogens is 1. The summed E-state index contributed by atoms with van der Waals surface area (Å²) >= 11 is 7.59. The molecule has 1 saturated carbocycles. The van der Waals surface area contributed by atoms with E-state index in [9.17, 15) is 9.59 Å². The Morgan fingerprint density at radius 1 is 1.06 bits per heavy atom. The number of rotatable bonds is 6. The Balaban J connectivity index is 1.33. The van der Waals surface area contributed by atoms with E-state index >= 15 is 0 Å². The molecule has 0 bridgehead atoms. The van der Waals surface area contributed by atoms with Crippen molar-refractivity contribution >= 4 is 55.8 Å². The van der Waals surface area contributed by atoms with Crippen LogP contribution >= 0.6 is 22.9 Å². The number of hydrogen-bond acceptors (Lipinski definition) is 5. The molecule has 1 aromatic heterocycles. The summed E-state index contributed by atoms with van der Waals surface area (Å²) in [6, 6.07) is 18.4. The lowest BCUT2D eigenvalue weighted by molar-refractivity contribution is -0.118. The minimum absolute atomic E-state index is 0.0658. The summed E-state index contributed by atoms with van der Waals surface area (Å²) in [5, 5.41) is 6.87. The molecule has 4 aromatic rings. The third-order valence-electron chi connectivity index (χ3n) is 6.16. The average molecular weight is 492 g/mol. The molecule has 0 atom stereocenters. The van der Waals surface area contributed by atoms with Gasteiger partial charge in [0.25, 0.3) is 5.91 Å². The quantitative estimate of drug-likeness (QED) is 0.337. The molecule has 3 aromatic carbocycles. The summed E-state index contributed by atoms with van der Waals surface area (Å²) in [6.07, 6.45) is 1.59. The zero-order valence-corrected chi connectivity index (χ0v) is 20.2. The number of carbonyl (C=O) groups excluding carboxylic acids is 2. The first-order valence-electron chi connectivity index (χ1n) is 10.8. The molecular formula is C26H22ClN3O3S. The third kappa shape index (κ3) is 4.13. The SMILES string of the molecule is COc1ccc(C2(C(=O)Nc3nc4ccc(C(=O)Nc5c(C)cccc5Cl)cc4s3)CC2)cc1. The molecule has 1 aliphatic rings. The maximum atomic E-state index is 13.1. The molecule has 172 valence electrons. The van der Waals surface area contributed by atoms with Gasteiger partial charge in [0.15, 0.2) is 5.13 Å². The van der Waals surface area contributed by atoms with E-state index in [1.165, 1.54) is 11.3 Å². The number of anilines is 2. The Morgan fingerprint density at radius 3 is 2.50 bits per heavy atom. The predicted molar refractivity (Wildman–Crippen MR) is 136 cm³/mol. The number of fused-ring (bicyclic) bond motifs is 1. The Morgan fingerprint density at radius 2 is 1.82 bits per heavy atom. The van der Waals surface area contributed by atoms with Gasteiger partial charge in [-0.15, -0.1) is 0 Å². The van der Waals surface area contributed by atoms with Crippen molar-refractivity contribution in [2.75, 3.05) is 17.7 Å². The number of methoxy groups -OCH3 is 1. The van der Waals surface area contributed by atoms with Gasteiger partial charge in [0.05, 0.1) is 33.5 Å². The van der Waals surface area contributed by atoms with Gasteiger partial charge >= 0.3 is 0 Å². The van der Waals surface area contributed by atoms with Crippen molar-refractivity contribution in [3.8, 4) is 5.75 Å². The van der Waals surface area contributed by atoms with Crippen LogP contribution in [0, 0.1) is 6.92 Å². The highest BCUT2D eigenvalue weighted by atomic mass is 35.5. The highest BCUT2D eigenvalue weighted by molar-refractivity contribution is 7.22. The number of thiazole rings is 1. The van der Waals surface area contributed by atoms with Gasteiger partial charge in [0.2, 0.25) is 5.91 Å². The van der Waals surface area contributed by atoms with Gasteiger partial charge in [-0.25, -0.2) is 4.98 Å². The number of nitrogens with zero attached hydrogens (tertiary/aromatic N) is 1. The lowest BCUT2D eigenvalue weighted by atomic mass is 9.95. The Kier molecular flexibility index (Phi) is 5.75. The van der Waals surface area contributed by atoms with E-state index in [1.807, 2.05) is 43.3 Å². The van der Waals surface area contributed by atoms with E-state index < -0.39 is 5.41 Å². The Hall–Kier alpha value is -3.42. The molecule has 1 heterocycles. The van der Waals surface area contributed by atoms with E-state index in [0.717, 1.165) is 39.9 Å². The number of amides is 2. The Labute approximate surface area is 205 Å². The maximum absolute atomic E-state index is 13.1. The smallest absolute Gasteiger partial charge is 0.255 e. The van der Waals surface area contributed by atoms with E-state index in [0.29, 0.717) is 21.4 Å². The molecule has 34 heavy (non-hydrogen) atoms. The first kappa shape index (κ1) is 22.4. The number of aryl methyl sites for hydroxylation is 1. The molecule has 0 unspecified atom stereocenters. The molecule has 6 nitrogen and oxygen atoms in total. The fourth-order valence-corrected chi connectivity index (χ4v) is 5.16. The highest BCUT2D eigenvalue weighted by Crippen LogP contribution is 2.49. The summed E-state index contributed by atoms with van der Waals surface area (Å²) in [6.45, 7) is 1.89. The topological polar surface area (TPSA) is 80.3 Å². The van der Waals surface area contributed by atoms with Crippen LogP contribution in [0.1, 0.15) is 34.3 Å². The van der Waals surface area contributed by atoms with E-state index in [2.05, 4.69) is 15.6 Å². The zero-order chi connectivity index (χ0) is 23.9. The van der Waals surface area contributed by atoms with Crippen LogP contribution < -0.4 is 15.4 Å². The number of hydrogen-bond donors (Lipinski definition) is 2. The standard InChI is InChI=1S/C26H22ClN3O3S/c1-15-4-3-5-19(27)22(15)29-23(31)16-6-11-20-21(14-16)34-25(28-20)30-24(32)26(12-13-26)17-7-9-18(33-2)10-8-17/h3-11,14H,12-13H2,1-2H3,(H,29,31)(H,28,30,32). The first-order valence-corrected chi connectivity index (χ1v) is 12.0. The number of aromatic nitrogens is 1. The summed E-state index contributed by atoms with van der Waals surface area (Å²) in [4.78, 5) is 30.5.